The smallest absolute Gasteiger partial charge is 0.153 e. The number of carbonyl (C=O) groups excluding carboxylic acids is 1. The first-order valence-corrected chi connectivity index (χ1v) is 7.34. The maximum atomic E-state index is 11.3. The molecule has 0 amide bonds. The highest BCUT2D eigenvalue weighted by Gasteiger charge is 2.21. The van der Waals surface area contributed by atoms with Gasteiger partial charge in [0.1, 0.15) is 0 Å². The van der Waals surface area contributed by atoms with Crippen LogP contribution in [0.4, 0.5) is 0 Å². The largest absolute Gasteiger partial charge is 0.298 e. The van der Waals surface area contributed by atoms with E-state index in [1.807, 2.05) is 18.2 Å². The van der Waals surface area contributed by atoms with Crippen molar-refractivity contribution in [3.05, 3.63) is 41.9 Å². The summed E-state index contributed by atoms with van der Waals surface area (Å²) >= 11 is 0. The zero-order chi connectivity index (χ0) is 13.8. The number of nitrogens with zero attached hydrogens (tertiary/aromatic N) is 3. The van der Waals surface area contributed by atoms with E-state index in [1.54, 1.807) is 17.1 Å². The molecule has 0 unspecified atom stereocenters. The quantitative estimate of drug-likeness (QED) is 0.632. The van der Waals surface area contributed by atoms with Gasteiger partial charge in [-0.2, -0.15) is 5.10 Å². The minimum absolute atomic E-state index is 0.419. The van der Waals surface area contributed by atoms with E-state index in [1.165, 1.54) is 25.7 Å². The zero-order valence-electron chi connectivity index (χ0n) is 11.5. The minimum atomic E-state index is 0.419. The average Bonchev–Trinajstić information content (AvgIpc) is 2.75. The zero-order valence-corrected chi connectivity index (χ0v) is 11.5. The molecule has 0 bridgehead atoms. The lowest BCUT2D eigenvalue weighted by atomic mass is 9.94. The third-order valence-corrected chi connectivity index (χ3v) is 4.03. The molecule has 4 heteroatoms. The van der Waals surface area contributed by atoms with Gasteiger partial charge in [0.25, 0.3) is 0 Å². The van der Waals surface area contributed by atoms with Crippen molar-refractivity contribution in [1.82, 2.24) is 14.8 Å². The maximum Gasteiger partial charge on any atom is 0.153 e. The molecule has 2 aromatic rings. The van der Waals surface area contributed by atoms with E-state index in [9.17, 15) is 4.79 Å². The second kappa shape index (κ2) is 5.99. The molecule has 3 rings (SSSR count). The van der Waals surface area contributed by atoms with E-state index < -0.39 is 0 Å². The highest BCUT2D eigenvalue weighted by atomic mass is 16.1. The van der Waals surface area contributed by atoms with Gasteiger partial charge in [-0.15, -0.1) is 0 Å². The third-order valence-electron chi connectivity index (χ3n) is 4.03. The third kappa shape index (κ3) is 2.64. The fraction of sp³-hybridized carbons (Fsp3) is 0.438. The van der Waals surface area contributed by atoms with E-state index in [0.717, 1.165) is 30.6 Å². The number of carbonyl (C=O) groups is 1. The Balaban J connectivity index is 1.94. The van der Waals surface area contributed by atoms with Gasteiger partial charge in [0.2, 0.25) is 0 Å². The predicted molar refractivity (Wildman–Crippen MR) is 77.2 cm³/mol. The van der Waals surface area contributed by atoms with Crippen LogP contribution < -0.4 is 0 Å². The molecule has 0 spiro atoms. The molecule has 1 aliphatic rings. The fourth-order valence-corrected chi connectivity index (χ4v) is 2.97. The molecule has 0 radical (unpaired) electrons. The van der Waals surface area contributed by atoms with Crippen LogP contribution in [-0.2, 0) is 0 Å². The van der Waals surface area contributed by atoms with E-state index in [0.29, 0.717) is 11.5 Å². The van der Waals surface area contributed by atoms with Gasteiger partial charge in [-0.1, -0.05) is 31.7 Å². The molecule has 1 saturated carbocycles. The van der Waals surface area contributed by atoms with Gasteiger partial charge in [0.05, 0.1) is 11.3 Å². The van der Waals surface area contributed by atoms with Crippen molar-refractivity contribution in [2.24, 2.45) is 0 Å². The number of aromatic nitrogens is 3. The SMILES string of the molecule is O=Cc1cn(-c2ccccn2)nc1C1CCCCCC1. The molecule has 4 nitrogen and oxygen atoms in total. The van der Waals surface area contributed by atoms with Gasteiger partial charge in [-0.25, -0.2) is 9.67 Å². The van der Waals surface area contributed by atoms with Crippen LogP contribution in [0.25, 0.3) is 5.82 Å². The van der Waals surface area contributed by atoms with Crippen LogP contribution >= 0.6 is 0 Å². The first-order valence-electron chi connectivity index (χ1n) is 7.34. The summed E-state index contributed by atoms with van der Waals surface area (Å²) < 4.78 is 1.73. The number of hydrogen-bond acceptors (Lipinski definition) is 3. The second-order valence-electron chi connectivity index (χ2n) is 5.41. The normalized spacial score (nSPS) is 16.8. The molecule has 1 aliphatic carbocycles. The lowest BCUT2D eigenvalue weighted by molar-refractivity contribution is 0.112. The van der Waals surface area contributed by atoms with Crippen molar-refractivity contribution >= 4 is 6.29 Å². The molecular weight excluding hydrogens is 250 g/mol. The summed E-state index contributed by atoms with van der Waals surface area (Å²) in [5.41, 5.74) is 1.66. The number of hydrogen-bond donors (Lipinski definition) is 0. The topological polar surface area (TPSA) is 47.8 Å². The Hall–Kier alpha value is -1.97. The molecule has 1 fully saturated rings. The standard InChI is InChI=1S/C16H19N3O/c20-12-14-11-19(15-9-5-6-10-17-15)18-16(14)13-7-3-1-2-4-8-13/h5-6,9-13H,1-4,7-8H2. The summed E-state index contributed by atoms with van der Waals surface area (Å²) in [5.74, 6) is 1.18. The van der Waals surface area contributed by atoms with E-state index >= 15 is 0 Å². The van der Waals surface area contributed by atoms with E-state index in [-0.39, 0.29) is 0 Å². The van der Waals surface area contributed by atoms with Crippen molar-refractivity contribution in [3.8, 4) is 5.82 Å². The molecule has 0 saturated heterocycles. The van der Waals surface area contributed by atoms with Gasteiger partial charge in [-0.05, 0) is 25.0 Å². The summed E-state index contributed by atoms with van der Waals surface area (Å²) in [5, 5.41) is 4.64. The number of rotatable bonds is 3. The van der Waals surface area contributed by atoms with Crippen LogP contribution in [-0.4, -0.2) is 21.1 Å². The van der Waals surface area contributed by atoms with Gasteiger partial charge < -0.3 is 0 Å². The average molecular weight is 269 g/mol. The Bertz CT molecular complexity index is 569. The lowest BCUT2D eigenvalue weighted by Gasteiger charge is -2.11. The maximum absolute atomic E-state index is 11.3. The fourth-order valence-electron chi connectivity index (χ4n) is 2.97. The number of aldehydes is 1. The number of pyridine rings is 1. The summed E-state index contributed by atoms with van der Waals surface area (Å²) in [6, 6.07) is 5.70. The molecule has 20 heavy (non-hydrogen) atoms. The monoisotopic (exact) mass is 269 g/mol. The highest BCUT2D eigenvalue weighted by Crippen LogP contribution is 2.32. The van der Waals surface area contributed by atoms with Crippen LogP contribution in [0.15, 0.2) is 30.6 Å². The molecule has 2 heterocycles. The molecule has 0 atom stereocenters. The molecule has 2 aromatic heterocycles. The molecule has 104 valence electrons. The summed E-state index contributed by atoms with van der Waals surface area (Å²) in [4.78, 5) is 15.6. The van der Waals surface area contributed by atoms with E-state index in [2.05, 4.69) is 10.1 Å². The van der Waals surface area contributed by atoms with E-state index in [4.69, 9.17) is 0 Å². The summed E-state index contributed by atoms with van der Waals surface area (Å²) in [6.45, 7) is 0. The Morgan fingerprint density at radius 1 is 1.15 bits per heavy atom. The lowest BCUT2D eigenvalue weighted by Crippen LogP contribution is -2.03. The van der Waals surface area contributed by atoms with Gasteiger partial charge >= 0.3 is 0 Å². The van der Waals surface area contributed by atoms with Gasteiger partial charge in [-0.3, -0.25) is 4.79 Å². The molecule has 0 N–H and O–H groups in total. The summed E-state index contributed by atoms with van der Waals surface area (Å²) in [6.07, 6.45) is 11.8. The Labute approximate surface area is 118 Å². The van der Waals surface area contributed by atoms with Crippen LogP contribution in [0.3, 0.4) is 0 Å². The van der Waals surface area contributed by atoms with Crippen molar-refractivity contribution < 1.29 is 4.79 Å². The Morgan fingerprint density at radius 3 is 2.60 bits per heavy atom. The van der Waals surface area contributed by atoms with Gasteiger partial charge in [0, 0.05) is 18.3 Å². The Kier molecular flexibility index (Phi) is 3.90. The van der Waals surface area contributed by atoms with Crippen LogP contribution in [0.2, 0.25) is 0 Å². The Morgan fingerprint density at radius 2 is 1.95 bits per heavy atom. The second-order valence-corrected chi connectivity index (χ2v) is 5.41. The van der Waals surface area contributed by atoms with Gasteiger partial charge in [0.15, 0.2) is 12.1 Å². The minimum Gasteiger partial charge on any atom is -0.298 e. The van der Waals surface area contributed by atoms with Crippen LogP contribution in [0.5, 0.6) is 0 Å². The summed E-state index contributed by atoms with van der Waals surface area (Å²) in [7, 11) is 0. The van der Waals surface area contributed by atoms with Crippen molar-refractivity contribution in [1.29, 1.82) is 0 Å². The molecular formula is C16H19N3O. The first kappa shape index (κ1) is 13.0. The van der Waals surface area contributed by atoms with Crippen molar-refractivity contribution in [3.63, 3.8) is 0 Å². The predicted octanol–water partition coefficient (Wildman–Crippen LogP) is 3.52. The van der Waals surface area contributed by atoms with Crippen molar-refractivity contribution in [2.45, 2.75) is 44.4 Å². The molecule has 0 aromatic carbocycles. The highest BCUT2D eigenvalue weighted by molar-refractivity contribution is 5.76. The van der Waals surface area contributed by atoms with Crippen LogP contribution in [0, 0.1) is 0 Å². The van der Waals surface area contributed by atoms with Crippen LogP contribution in [0.1, 0.15) is 60.5 Å². The first-order chi connectivity index (χ1) is 9.88. The molecule has 0 aliphatic heterocycles. The van der Waals surface area contributed by atoms with Crippen molar-refractivity contribution in [2.75, 3.05) is 0 Å².